The SMILES string of the molecule is CCN1C(=O)/C(=C\c2cc(Cl)c(OCc3cccc(C(=O)O)c3)c(OC)c2)SC1=Nc1ccc(F)cc1. The van der Waals surface area contributed by atoms with Crippen LogP contribution in [-0.2, 0) is 11.4 Å². The maximum absolute atomic E-state index is 13.2. The van der Waals surface area contributed by atoms with Crippen LogP contribution in [0.2, 0.25) is 5.02 Å². The van der Waals surface area contributed by atoms with E-state index in [1.807, 2.05) is 6.92 Å². The molecule has 1 aliphatic heterocycles. The van der Waals surface area contributed by atoms with Crippen molar-refractivity contribution in [3.63, 3.8) is 0 Å². The summed E-state index contributed by atoms with van der Waals surface area (Å²) in [7, 11) is 1.47. The molecule has 1 fully saturated rings. The van der Waals surface area contributed by atoms with Gasteiger partial charge < -0.3 is 14.6 Å². The van der Waals surface area contributed by atoms with Gasteiger partial charge in [-0.3, -0.25) is 9.69 Å². The van der Waals surface area contributed by atoms with E-state index in [2.05, 4.69) is 4.99 Å². The lowest BCUT2D eigenvalue weighted by Gasteiger charge is -2.14. The number of carbonyl (C=O) groups is 2. The highest BCUT2D eigenvalue weighted by molar-refractivity contribution is 8.18. The molecule has 3 aromatic rings. The van der Waals surface area contributed by atoms with Gasteiger partial charge in [-0.05, 0) is 84.4 Å². The quantitative estimate of drug-likeness (QED) is 0.333. The number of rotatable bonds is 8. The average Bonchev–Trinajstić information content (AvgIpc) is 3.17. The highest BCUT2D eigenvalue weighted by atomic mass is 35.5. The Morgan fingerprint density at radius 2 is 1.95 bits per heavy atom. The molecule has 7 nitrogen and oxygen atoms in total. The monoisotopic (exact) mass is 540 g/mol. The first-order valence-electron chi connectivity index (χ1n) is 11.2. The van der Waals surface area contributed by atoms with Gasteiger partial charge in [-0.1, -0.05) is 23.7 Å². The van der Waals surface area contributed by atoms with Crippen molar-refractivity contribution >= 4 is 52.2 Å². The van der Waals surface area contributed by atoms with Crippen LogP contribution < -0.4 is 9.47 Å². The van der Waals surface area contributed by atoms with Gasteiger partial charge in [0.15, 0.2) is 16.7 Å². The largest absolute Gasteiger partial charge is 0.493 e. The molecule has 3 aromatic carbocycles. The second-order valence-corrected chi connectivity index (χ2v) is 9.28. The lowest BCUT2D eigenvalue weighted by atomic mass is 10.1. The summed E-state index contributed by atoms with van der Waals surface area (Å²) in [6, 6.07) is 15.5. The van der Waals surface area contributed by atoms with E-state index >= 15 is 0 Å². The van der Waals surface area contributed by atoms with Crippen LogP contribution in [0.3, 0.4) is 0 Å². The Bertz CT molecular complexity index is 1410. The summed E-state index contributed by atoms with van der Waals surface area (Å²) in [5, 5.41) is 9.94. The number of amides is 1. The number of likely N-dealkylation sites (N-methyl/N-ethyl adjacent to an activating group) is 1. The number of carboxylic acid groups (broad SMARTS) is 1. The minimum Gasteiger partial charge on any atom is -0.493 e. The van der Waals surface area contributed by atoms with Crippen LogP contribution in [0.15, 0.2) is 70.6 Å². The number of amidine groups is 1. The van der Waals surface area contributed by atoms with E-state index in [0.717, 1.165) is 0 Å². The van der Waals surface area contributed by atoms with Crippen molar-refractivity contribution in [2.45, 2.75) is 13.5 Å². The number of aromatic carboxylic acids is 1. The molecule has 190 valence electrons. The summed E-state index contributed by atoms with van der Waals surface area (Å²) < 4.78 is 24.6. The van der Waals surface area contributed by atoms with Gasteiger partial charge in [0, 0.05) is 6.54 Å². The summed E-state index contributed by atoms with van der Waals surface area (Å²) in [4.78, 5) is 30.7. The molecule has 1 heterocycles. The van der Waals surface area contributed by atoms with Gasteiger partial charge in [0.05, 0.1) is 28.3 Å². The fraction of sp³-hybridized carbons (Fsp3) is 0.148. The first-order chi connectivity index (χ1) is 17.8. The van der Waals surface area contributed by atoms with Gasteiger partial charge >= 0.3 is 5.97 Å². The molecule has 1 aliphatic rings. The molecule has 4 rings (SSSR count). The Labute approximate surface area is 222 Å². The number of hydrogen-bond acceptors (Lipinski definition) is 6. The van der Waals surface area contributed by atoms with Crippen molar-refractivity contribution in [3.8, 4) is 11.5 Å². The number of ether oxygens (including phenoxy) is 2. The normalized spacial score (nSPS) is 15.5. The Morgan fingerprint density at radius 3 is 2.62 bits per heavy atom. The van der Waals surface area contributed by atoms with E-state index in [9.17, 15) is 19.1 Å². The van der Waals surface area contributed by atoms with E-state index in [1.165, 1.54) is 43.1 Å². The van der Waals surface area contributed by atoms with Crippen molar-refractivity contribution < 1.29 is 28.6 Å². The number of carboxylic acids is 1. The van der Waals surface area contributed by atoms with E-state index in [4.69, 9.17) is 21.1 Å². The van der Waals surface area contributed by atoms with E-state index in [-0.39, 0.29) is 28.9 Å². The van der Waals surface area contributed by atoms with Gasteiger partial charge in [-0.2, -0.15) is 0 Å². The Balaban J connectivity index is 1.58. The van der Waals surface area contributed by atoms with Crippen LogP contribution in [-0.4, -0.2) is 40.7 Å². The van der Waals surface area contributed by atoms with Crippen molar-refractivity contribution in [1.29, 1.82) is 0 Å². The van der Waals surface area contributed by atoms with E-state index in [1.54, 1.807) is 47.4 Å². The second-order valence-electron chi connectivity index (χ2n) is 7.86. The predicted molar refractivity (Wildman–Crippen MR) is 142 cm³/mol. The molecule has 10 heteroatoms. The molecule has 0 atom stereocenters. The molecule has 0 aromatic heterocycles. The lowest BCUT2D eigenvalue weighted by molar-refractivity contribution is -0.122. The number of methoxy groups -OCH3 is 1. The molecular formula is C27H22ClFN2O5S. The van der Waals surface area contributed by atoms with Crippen LogP contribution in [0.4, 0.5) is 10.1 Å². The zero-order chi connectivity index (χ0) is 26.5. The molecule has 1 amide bonds. The molecular weight excluding hydrogens is 519 g/mol. The summed E-state index contributed by atoms with van der Waals surface area (Å²) in [5.41, 5.74) is 1.97. The van der Waals surface area contributed by atoms with Crippen molar-refractivity contribution in [2.75, 3.05) is 13.7 Å². The van der Waals surface area contributed by atoms with Crippen LogP contribution in [0, 0.1) is 5.82 Å². The Hall–Kier alpha value is -3.82. The topological polar surface area (TPSA) is 88.4 Å². The number of halogens is 2. The average molecular weight is 541 g/mol. The number of hydrogen-bond donors (Lipinski definition) is 1. The van der Waals surface area contributed by atoms with Crippen molar-refractivity contribution in [3.05, 3.63) is 93.1 Å². The summed E-state index contributed by atoms with van der Waals surface area (Å²) >= 11 is 7.71. The molecule has 0 unspecified atom stereocenters. The molecule has 1 N–H and O–H groups in total. The van der Waals surface area contributed by atoms with Crippen LogP contribution >= 0.6 is 23.4 Å². The maximum atomic E-state index is 13.2. The Kier molecular flexibility index (Phi) is 8.15. The third-order valence-corrected chi connectivity index (χ3v) is 6.65. The van der Waals surface area contributed by atoms with Gasteiger partial charge in [0.25, 0.3) is 5.91 Å². The number of carbonyl (C=O) groups excluding carboxylic acids is 1. The van der Waals surface area contributed by atoms with Crippen molar-refractivity contribution in [2.24, 2.45) is 4.99 Å². The summed E-state index contributed by atoms with van der Waals surface area (Å²) in [6.07, 6.45) is 1.69. The second kappa shape index (κ2) is 11.5. The Morgan fingerprint density at radius 1 is 1.19 bits per heavy atom. The first-order valence-corrected chi connectivity index (χ1v) is 12.4. The number of thioether (sulfide) groups is 1. The van der Waals surface area contributed by atoms with Gasteiger partial charge in [-0.25, -0.2) is 14.2 Å². The highest BCUT2D eigenvalue weighted by Gasteiger charge is 2.32. The fourth-order valence-electron chi connectivity index (χ4n) is 3.56. The van der Waals surface area contributed by atoms with E-state index in [0.29, 0.717) is 44.9 Å². The molecule has 0 saturated carbocycles. The molecule has 0 radical (unpaired) electrons. The molecule has 37 heavy (non-hydrogen) atoms. The van der Waals surface area contributed by atoms with E-state index < -0.39 is 5.97 Å². The summed E-state index contributed by atoms with van der Waals surface area (Å²) in [6.45, 7) is 2.35. The number of aliphatic imine (C=N–C) groups is 1. The van der Waals surface area contributed by atoms with Crippen LogP contribution in [0.1, 0.15) is 28.4 Å². The standard InChI is InChI=1S/C27H22ClFN2O5S/c1-3-31-25(32)23(37-27(31)30-20-9-7-19(29)8-10-20)14-17-12-21(28)24(22(13-17)35-2)36-15-16-5-4-6-18(11-16)26(33)34/h4-14H,3,15H2,1-2H3,(H,33,34)/b23-14+,30-27?. The van der Waals surface area contributed by atoms with Crippen molar-refractivity contribution in [1.82, 2.24) is 4.90 Å². The third-order valence-electron chi connectivity index (χ3n) is 5.36. The van der Waals surface area contributed by atoms with Gasteiger partial charge in [-0.15, -0.1) is 0 Å². The minimum atomic E-state index is -1.03. The molecule has 1 saturated heterocycles. The third kappa shape index (κ3) is 6.12. The molecule has 0 bridgehead atoms. The number of benzene rings is 3. The van der Waals surface area contributed by atoms with Crippen LogP contribution in [0.5, 0.6) is 11.5 Å². The van der Waals surface area contributed by atoms with Gasteiger partial charge in [0.2, 0.25) is 0 Å². The zero-order valence-corrected chi connectivity index (χ0v) is 21.5. The smallest absolute Gasteiger partial charge is 0.335 e. The fourth-order valence-corrected chi connectivity index (χ4v) is 4.90. The predicted octanol–water partition coefficient (Wildman–Crippen LogP) is 6.39. The zero-order valence-electron chi connectivity index (χ0n) is 19.9. The minimum absolute atomic E-state index is 0.0840. The first kappa shape index (κ1) is 26.2. The maximum Gasteiger partial charge on any atom is 0.335 e. The number of nitrogens with zero attached hydrogens (tertiary/aromatic N) is 2. The van der Waals surface area contributed by atoms with Gasteiger partial charge in [0.1, 0.15) is 12.4 Å². The summed E-state index contributed by atoms with van der Waals surface area (Å²) in [5.74, 6) is -0.939. The lowest BCUT2D eigenvalue weighted by Crippen LogP contribution is -2.28. The molecule has 0 aliphatic carbocycles. The highest BCUT2D eigenvalue weighted by Crippen LogP contribution is 2.39. The van der Waals surface area contributed by atoms with Crippen LogP contribution in [0.25, 0.3) is 6.08 Å². The molecule has 0 spiro atoms.